The van der Waals surface area contributed by atoms with Gasteiger partial charge in [-0.1, -0.05) is 6.92 Å². The number of ketones is 1. The number of carbonyl (C=O) groups excluding carboxylic acids is 1. The van der Waals surface area contributed by atoms with Gasteiger partial charge in [0, 0.05) is 25.0 Å². The van der Waals surface area contributed by atoms with Crippen LogP contribution in [0, 0.1) is 10.1 Å². The van der Waals surface area contributed by atoms with Crippen LogP contribution in [0.25, 0.3) is 0 Å². The molecule has 0 saturated carbocycles. The molecule has 1 aromatic carbocycles. The van der Waals surface area contributed by atoms with Crippen LogP contribution in [-0.2, 0) is 14.6 Å². The number of nitro benzene ring substituents is 1. The van der Waals surface area contributed by atoms with Gasteiger partial charge >= 0.3 is 0 Å². The minimum atomic E-state index is -3.48. The van der Waals surface area contributed by atoms with E-state index in [0.29, 0.717) is 6.42 Å². The van der Waals surface area contributed by atoms with Crippen LogP contribution in [0.4, 0.5) is 5.69 Å². The lowest BCUT2D eigenvalue weighted by molar-refractivity contribution is -0.384. The van der Waals surface area contributed by atoms with Crippen molar-refractivity contribution in [2.24, 2.45) is 0 Å². The zero-order valence-corrected chi connectivity index (χ0v) is 11.4. The Hall–Kier alpha value is -1.76. The van der Waals surface area contributed by atoms with Crippen molar-refractivity contribution in [1.82, 2.24) is 0 Å². The van der Waals surface area contributed by atoms with Gasteiger partial charge < -0.3 is 0 Å². The molecule has 0 N–H and O–H groups in total. The Bertz CT molecular complexity index is 562. The first-order chi connectivity index (χ1) is 8.86. The maximum atomic E-state index is 11.9. The second-order valence-electron chi connectivity index (χ2n) is 4.07. The molecule has 0 atom stereocenters. The van der Waals surface area contributed by atoms with Crippen molar-refractivity contribution in [2.45, 2.75) is 31.1 Å². The highest BCUT2D eigenvalue weighted by atomic mass is 32.2. The molecule has 0 spiro atoms. The Morgan fingerprint density at radius 3 is 2.32 bits per heavy atom. The number of hydrogen-bond donors (Lipinski definition) is 0. The molecule has 0 fully saturated rings. The summed E-state index contributed by atoms with van der Waals surface area (Å²) in [5.41, 5.74) is -0.153. The van der Waals surface area contributed by atoms with Crippen LogP contribution in [0.15, 0.2) is 29.2 Å². The minimum Gasteiger partial charge on any atom is -0.300 e. The lowest BCUT2D eigenvalue weighted by atomic mass is 10.2. The van der Waals surface area contributed by atoms with Gasteiger partial charge in [0.05, 0.1) is 15.6 Å². The number of carbonyl (C=O) groups is 1. The quantitative estimate of drug-likeness (QED) is 0.565. The van der Waals surface area contributed by atoms with E-state index in [-0.39, 0.29) is 35.0 Å². The Morgan fingerprint density at radius 1 is 1.26 bits per heavy atom. The predicted molar refractivity (Wildman–Crippen MR) is 69.7 cm³/mol. The smallest absolute Gasteiger partial charge is 0.269 e. The number of nitro groups is 1. The largest absolute Gasteiger partial charge is 0.300 e. The molecule has 6 nitrogen and oxygen atoms in total. The normalized spacial score (nSPS) is 11.2. The monoisotopic (exact) mass is 285 g/mol. The number of non-ortho nitro benzene ring substituents is 1. The summed E-state index contributed by atoms with van der Waals surface area (Å²) in [7, 11) is -3.48. The second kappa shape index (κ2) is 6.42. The molecule has 19 heavy (non-hydrogen) atoms. The molecule has 0 amide bonds. The molecule has 7 heteroatoms. The van der Waals surface area contributed by atoms with Crippen LogP contribution in [0.2, 0.25) is 0 Å². The lowest BCUT2D eigenvalue weighted by Crippen LogP contribution is -2.08. The number of hydrogen-bond acceptors (Lipinski definition) is 5. The average Bonchev–Trinajstić information content (AvgIpc) is 2.38. The average molecular weight is 285 g/mol. The Kier molecular flexibility index (Phi) is 5.17. The van der Waals surface area contributed by atoms with Crippen LogP contribution < -0.4 is 0 Å². The third kappa shape index (κ3) is 4.44. The molecule has 1 rings (SSSR count). The van der Waals surface area contributed by atoms with E-state index in [1.165, 1.54) is 12.1 Å². The highest BCUT2D eigenvalue weighted by Crippen LogP contribution is 2.17. The third-order valence-electron chi connectivity index (χ3n) is 2.67. The number of Topliss-reactive ketones (excluding diaryl/α,β-unsaturated/α-hetero) is 1. The molecule has 0 aliphatic carbocycles. The van der Waals surface area contributed by atoms with Gasteiger partial charge in [-0.25, -0.2) is 8.42 Å². The van der Waals surface area contributed by atoms with E-state index in [9.17, 15) is 23.3 Å². The molecule has 0 aliphatic heterocycles. The van der Waals surface area contributed by atoms with Crippen LogP contribution in [0.3, 0.4) is 0 Å². The first-order valence-corrected chi connectivity index (χ1v) is 7.51. The third-order valence-corrected chi connectivity index (χ3v) is 4.49. The van der Waals surface area contributed by atoms with Crippen LogP contribution >= 0.6 is 0 Å². The van der Waals surface area contributed by atoms with Gasteiger partial charge in [0.25, 0.3) is 5.69 Å². The molecule has 104 valence electrons. The van der Waals surface area contributed by atoms with Crippen LogP contribution in [0.1, 0.15) is 26.2 Å². The topological polar surface area (TPSA) is 94.3 Å². The van der Waals surface area contributed by atoms with Crippen molar-refractivity contribution in [3.8, 4) is 0 Å². The maximum Gasteiger partial charge on any atom is 0.269 e. The van der Waals surface area contributed by atoms with Crippen molar-refractivity contribution in [2.75, 3.05) is 5.75 Å². The van der Waals surface area contributed by atoms with Gasteiger partial charge in [-0.2, -0.15) is 0 Å². The summed E-state index contributed by atoms with van der Waals surface area (Å²) in [5, 5.41) is 10.5. The van der Waals surface area contributed by atoms with Gasteiger partial charge in [0.15, 0.2) is 9.84 Å². The zero-order chi connectivity index (χ0) is 14.5. The highest BCUT2D eigenvalue weighted by Gasteiger charge is 2.16. The van der Waals surface area contributed by atoms with E-state index in [1.54, 1.807) is 6.92 Å². The summed E-state index contributed by atoms with van der Waals surface area (Å²) in [6.07, 6.45) is 0.909. The fourth-order valence-electron chi connectivity index (χ4n) is 1.53. The molecule has 0 heterocycles. The summed E-state index contributed by atoms with van der Waals surface area (Å²) in [4.78, 5) is 21.0. The second-order valence-corrected chi connectivity index (χ2v) is 6.17. The van der Waals surface area contributed by atoms with Crippen molar-refractivity contribution < 1.29 is 18.1 Å². The summed E-state index contributed by atoms with van der Waals surface area (Å²) in [6.45, 7) is 1.73. The predicted octanol–water partition coefficient (Wildman–Crippen LogP) is 2.13. The van der Waals surface area contributed by atoms with E-state index in [0.717, 1.165) is 12.1 Å². The van der Waals surface area contributed by atoms with Gasteiger partial charge in [-0.05, 0) is 18.6 Å². The maximum absolute atomic E-state index is 11.9. The Morgan fingerprint density at radius 2 is 1.84 bits per heavy atom. The number of nitrogens with zero attached hydrogens (tertiary/aromatic N) is 1. The first kappa shape index (κ1) is 15.3. The van der Waals surface area contributed by atoms with Crippen molar-refractivity contribution >= 4 is 21.3 Å². The van der Waals surface area contributed by atoms with E-state index in [1.807, 2.05) is 0 Å². The summed E-state index contributed by atoms with van der Waals surface area (Å²) in [5.74, 6) is -0.102. The number of sulfone groups is 1. The minimum absolute atomic E-state index is 0.0268. The van der Waals surface area contributed by atoms with E-state index in [2.05, 4.69) is 0 Å². The summed E-state index contributed by atoms with van der Waals surface area (Å²) < 4.78 is 23.8. The Labute approximate surface area is 111 Å². The van der Waals surface area contributed by atoms with Crippen molar-refractivity contribution in [1.29, 1.82) is 0 Å². The van der Waals surface area contributed by atoms with Crippen LogP contribution in [-0.4, -0.2) is 24.9 Å². The lowest BCUT2D eigenvalue weighted by Gasteiger charge is -2.03. The van der Waals surface area contributed by atoms with Crippen molar-refractivity contribution in [3.63, 3.8) is 0 Å². The number of rotatable bonds is 7. The van der Waals surface area contributed by atoms with Gasteiger partial charge in [-0.15, -0.1) is 0 Å². The molecular weight excluding hydrogens is 270 g/mol. The van der Waals surface area contributed by atoms with Crippen LogP contribution in [0.5, 0.6) is 0 Å². The summed E-state index contributed by atoms with van der Waals surface area (Å²) in [6, 6.07) is 4.75. The number of benzene rings is 1. The van der Waals surface area contributed by atoms with Gasteiger partial charge in [-0.3, -0.25) is 14.9 Å². The molecule has 0 unspecified atom stereocenters. The molecule has 0 aliphatic rings. The highest BCUT2D eigenvalue weighted by molar-refractivity contribution is 7.91. The van der Waals surface area contributed by atoms with Crippen molar-refractivity contribution in [3.05, 3.63) is 34.4 Å². The molecule has 0 saturated heterocycles. The molecule has 0 bridgehead atoms. The van der Waals surface area contributed by atoms with E-state index >= 15 is 0 Å². The molecule has 0 aromatic heterocycles. The Balaban J connectivity index is 2.72. The van der Waals surface area contributed by atoms with Gasteiger partial charge in [0.1, 0.15) is 5.78 Å². The van der Waals surface area contributed by atoms with E-state index < -0.39 is 14.8 Å². The molecular formula is C12H15NO5S. The fourth-order valence-corrected chi connectivity index (χ4v) is 2.84. The summed E-state index contributed by atoms with van der Waals surface area (Å²) >= 11 is 0. The first-order valence-electron chi connectivity index (χ1n) is 5.85. The standard InChI is InChI=1S/C12H15NO5S/c1-2-11(14)4-3-9-19(17,18)12-7-5-10(6-8-12)13(15)16/h5-8H,2-4,9H2,1H3. The molecule has 1 aromatic rings. The zero-order valence-electron chi connectivity index (χ0n) is 10.5. The fraction of sp³-hybridized carbons (Fsp3) is 0.417. The van der Waals surface area contributed by atoms with Gasteiger partial charge in [0.2, 0.25) is 0 Å². The molecule has 0 radical (unpaired) electrons. The van der Waals surface area contributed by atoms with E-state index in [4.69, 9.17) is 0 Å². The SMILES string of the molecule is CCC(=O)CCCS(=O)(=O)c1ccc([N+](=O)[O-])cc1.